The van der Waals surface area contributed by atoms with Gasteiger partial charge in [-0.1, -0.05) is 55.6 Å². The van der Waals surface area contributed by atoms with Gasteiger partial charge in [-0.15, -0.1) is 0 Å². The zero-order valence-electron chi connectivity index (χ0n) is 24.5. The van der Waals surface area contributed by atoms with Gasteiger partial charge >= 0.3 is 5.97 Å². The SMILES string of the molecule is CCCCC[C@@H](/C=C/[C@H]1[C@H](O[Si](C)(C)C)CC(=NOC)[C@@H]1C/C=C\CCCC(=O)OC)O[Si](C)(C)C. The van der Waals surface area contributed by atoms with Crippen LogP contribution in [0.3, 0.4) is 0 Å². The normalized spacial score (nSPS) is 23.1. The van der Waals surface area contributed by atoms with Crippen molar-refractivity contribution in [2.45, 2.75) is 116 Å². The van der Waals surface area contributed by atoms with Crippen molar-refractivity contribution in [1.82, 2.24) is 0 Å². The van der Waals surface area contributed by atoms with E-state index in [9.17, 15) is 4.79 Å². The minimum absolute atomic E-state index is 0.0997. The van der Waals surface area contributed by atoms with Crippen molar-refractivity contribution in [2.24, 2.45) is 17.0 Å². The Morgan fingerprint density at radius 2 is 1.78 bits per heavy atom. The highest BCUT2D eigenvalue weighted by Gasteiger charge is 2.42. The van der Waals surface area contributed by atoms with Gasteiger partial charge in [0.15, 0.2) is 16.6 Å². The van der Waals surface area contributed by atoms with Gasteiger partial charge in [0.25, 0.3) is 0 Å². The first-order chi connectivity index (χ1) is 16.9. The number of ether oxygens (including phenoxy) is 1. The van der Waals surface area contributed by atoms with Gasteiger partial charge in [0, 0.05) is 24.7 Å². The molecule has 8 heteroatoms. The van der Waals surface area contributed by atoms with Crippen LogP contribution in [0.4, 0.5) is 0 Å². The molecule has 4 atom stereocenters. The molecule has 0 aromatic heterocycles. The second kappa shape index (κ2) is 16.6. The van der Waals surface area contributed by atoms with Crippen LogP contribution in [0.1, 0.15) is 64.7 Å². The summed E-state index contributed by atoms with van der Waals surface area (Å²) in [6.45, 7) is 15.8. The number of hydrogen-bond donors (Lipinski definition) is 0. The lowest BCUT2D eigenvalue weighted by molar-refractivity contribution is -0.140. The van der Waals surface area contributed by atoms with Gasteiger partial charge in [0.2, 0.25) is 0 Å². The van der Waals surface area contributed by atoms with E-state index in [2.05, 4.69) is 75.7 Å². The van der Waals surface area contributed by atoms with Crippen molar-refractivity contribution in [3.05, 3.63) is 24.3 Å². The zero-order chi connectivity index (χ0) is 27.2. The van der Waals surface area contributed by atoms with Crippen molar-refractivity contribution < 1.29 is 23.2 Å². The highest BCUT2D eigenvalue weighted by Crippen LogP contribution is 2.38. The fourth-order valence-electron chi connectivity index (χ4n) is 4.65. The lowest BCUT2D eigenvalue weighted by atomic mass is 9.89. The van der Waals surface area contributed by atoms with Crippen molar-refractivity contribution in [3.63, 3.8) is 0 Å². The van der Waals surface area contributed by atoms with Crippen molar-refractivity contribution >= 4 is 28.3 Å². The molecule has 0 amide bonds. The summed E-state index contributed by atoms with van der Waals surface area (Å²) >= 11 is 0. The number of carbonyl (C=O) groups is 1. The van der Waals surface area contributed by atoms with Crippen LogP contribution in [0.5, 0.6) is 0 Å². The first kappa shape index (κ1) is 32.8. The van der Waals surface area contributed by atoms with Crippen molar-refractivity contribution in [1.29, 1.82) is 0 Å². The molecule has 1 saturated carbocycles. The number of allylic oxidation sites excluding steroid dienone is 2. The number of unbranched alkanes of at least 4 members (excludes halogenated alkanes) is 3. The standard InChI is InChI=1S/C28H53NO5Si2/c1-10-11-14-17-23(33-35(4,5)6)20-21-25-24(18-15-12-13-16-19-28(30)31-2)26(29-32-3)22-27(25)34-36(7,8)9/h12,15,20-21,23-25,27H,10-11,13-14,16-19,22H2,1-9H3/b15-12-,21-20+,29-26?/t23-,24+,25+,27+/m0/s1. The van der Waals surface area contributed by atoms with E-state index in [-0.39, 0.29) is 30.0 Å². The molecule has 1 fully saturated rings. The quantitative estimate of drug-likeness (QED) is 0.0630. The second-order valence-electron chi connectivity index (χ2n) is 11.7. The monoisotopic (exact) mass is 539 g/mol. The van der Waals surface area contributed by atoms with Crippen LogP contribution in [0.2, 0.25) is 39.3 Å². The van der Waals surface area contributed by atoms with Gasteiger partial charge in [-0.05, 0) is 65.0 Å². The summed E-state index contributed by atoms with van der Waals surface area (Å²) in [5.74, 6) is 0.297. The fourth-order valence-corrected chi connectivity index (χ4v) is 6.90. The Morgan fingerprint density at radius 3 is 2.36 bits per heavy atom. The minimum Gasteiger partial charge on any atom is -0.469 e. The summed E-state index contributed by atoms with van der Waals surface area (Å²) in [6.07, 6.45) is 17.8. The molecule has 0 aliphatic heterocycles. The molecule has 1 aliphatic carbocycles. The Labute approximate surface area is 223 Å². The summed E-state index contributed by atoms with van der Waals surface area (Å²) < 4.78 is 18.0. The zero-order valence-corrected chi connectivity index (χ0v) is 26.5. The van der Waals surface area contributed by atoms with E-state index in [1.54, 1.807) is 7.11 Å². The van der Waals surface area contributed by atoms with Crippen LogP contribution >= 0.6 is 0 Å². The van der Waals surface area contributed by atoms with E-state index in [0.717, 1.165) is 37.8 Å². The fraction of sp³-hybridized carbons (Fsp3) is 0.786. The molecule has 36 heavy (non-hydrogen) atoms. The first-order valence-corrected chi connectivity index (χ1v) is 20.6. The molecule has 1 rings (SSSR count). The smallest absolute Gasteiger partial charge is 0.305 e. The number of nitrogens with zero attached hydrogens (tertiary/aromatic N) is 1. The Kier molecular flexibility index (Phi) is 15.1. The van der Waals surface area contributed by atoms with Crippen LogP contribution in [-0.4, -0.2) is 54.7 Å². The van der Waals surface area contributed by atoms with Gasteiger partial charge in [0.05, 0.1) is 25.0 Å². The maximum atomic E-state index is 11.4. The number of oxime groups is 1. The van der Waals surface area contributed by atoms with Gasteiger partial charge in [-0.3, -0.25) is 4.79 Å². The molecular formula is C28H53NO5Si2. The third kappa shape index (κ3) is 13.9. The Balaban J connectivity index is 3.09. The molecule has 1 aliphatic rings. The summed E-state index contributed by atoms with van der Waals surface area (Å²) in [4.78, 5) is 16.6. The molecular weight excluding hydrogens is 486 g/mol. The number of hydrogen-bond acceptors (Lipinski definition) is 6. The van der Waals surface area contributed by atoms with E-state index in [0.29, 0.717) is 6.42 Å². The van der Waals surface area contributed by atoms with E-state index in [1.165, 1.54) is 26.4 Å². The molecule has 0 aromatic carbocycles. The maximum Gasteiger partial charge on any atom is 0.305 e. The summed E-state index contributed by atoms with van der Waals surface area (Å²) in [6, 6.07) is 0. The maximum absolute atomic E-state index is 11.4. The summed E-state index contributed by atoms with van der Waals surface area (Å²) in [5, 5.41) is 4.43. The predicted molar refractivity (Wildman–Crippen MR) is 155 cm³/mol. The molecule has 0 saturated heterocycles. The molecule has 0 bridgehead atoms. The molecule has 6 nitrogen and oxygen atoms in total. The van der Waals surface area contributed by atoms with E-state index >= 15 is 0 Å². The predicted octanol–water partition coefficient (Wildman–Crippen LogP) is 7.49. The van der Waals surface area contributed by atoms with Gasteiger partial charge in [-0.25, -0.2) is 0 Å². The van der Waals surface area contributed by atoms with Crippen LogP contribution < -0.4 is 0 Å². The topological polar surface area (TPSA) is 66.4 Å². The van der Waals surface area contributed by atoms with Crippen molar-refractivity contribution in [2.75, 3.05) is 14.2 Å². The molecule has 208 valence electrons. The molecule has 0 radical (unpaired) electrons. The summed E-state index contributed by atoms with van der Waals surface area (Å²) in [7, 11) is -0.354. The van der Waals surface area contributed by atoms with E-state index < -0.39 is 16.6 Å². The average Bonchev–Trinajstić information content (AvgIpc) is 3.07. The third-order valence-corrected chi connectivity index (χ3v) is 8.15. The van der Waals surface area contributed by atoms with Gasteiger partial charge in [-0.2, -0.15) is 0 Å². The molecule has 0 N–H and O–H groups in total. The van der Waals surface area contributed by atoms with E-state index in [4.69, 9.17) is 18.4 Å². The van der Waals surface area contributed by atoms with E-state index in [1.807, 2.05) is 0 Å². The summed E-state index contributed by atoms with van der Waals surface area (Å²) in [5.41, 5.74) is 1.07. The number of rotatable bonds is 17. The lowest BCUT2D eigenvalue weighted by Crippen LogP contribution is -2.35. The van der Waals surface area contributed by atoms with Gasteiger partial charge in [0.1, 0.15) is 7.11 Å². The number of carbonyl (C=O) groups excluding carboxylic acids is 1. The van der Waals surface area contributed by atoms with Crippen LogP contribution in [0.25, 0.3) is 0 Å². The minimum atomic E-state index is -1.75. The second-order valence-corrected chi connectivity index (χ2v) is 20.7. The van der Waals surface area contributed by atoms with Gasteiger partial charge < -0.3 is 18.4 Å². The highest BCUT2D eigenvalue weighted by molar-refractivity contribution is 6.70. The van der Waals surface area contributed by atoms with Crippen LogP contribution in [0.15, 0.2) is 29.5 Å². The third-order valence-electron chi connectivity index (χ3n) is 6.13. The van der Waals surface area contributed by atoms with Crippen LogP contribution in [0, 0.1) is 11.8 Å². The Hall–Kier alpha value is -1.23. The lowest BCUT2D eigenvalue weighted by Gasteiger charge is -2.29. The molecule has 0 unspecified atom stereocenters. The van der Waals surface area contributed by atoms with Crippen LogP contribution in [-0.2, 0) is 23.2 Å². The van der Waals surface area contributed by atoms with Crippen molar-refractivity contribution in [3.8, 4) is 0 Å². The first-order valence-electron chi connectivity index (χ1n) is 13.8. The Morgan fingerprint density at radius 1 is 1.06 bits per heavy atom. The number of esters is 1. The Bertz CT molecular complexity index is 724. The molecule has 0 aromatic rings. The molecule has 0 heterocycles. The average molecular weight is 540 g/mol. The highest BCUT2D eigenvalue weighted by atomic mass is 28.4. The largest absolute Gasteiger partial charge is 0.469 e. The molecule has 0 spiro atoms. The number of methoxy groups -OCH3 is 1.